The van der Waals surface area contributed by atoms with E-state index >= 15 is 0 Å². The summed E-state index contributed by atoms with van der Waals surface area (Å²) in [5, 5.41) is 6.57. The van der Waals surface area contributed by atoms with Gasteiger partial charge in [0.05, 0.1) is 11.8 Å². The SMILES string of the molecule is CC(=O)N1N=C2/C(=C/c3ccc(N(C)C)cc3)CCCC2C1c1ccc(N(C)C)cc1. The van der Waals surface area contributed by atoms with Crippen molar-refractivity contribution in [3.05, 3.63) is 65.2 Å². The van der Waals surface area contributed by atoms with Gasteiger partial charge in [-0.25, -0.2) is 5.01 Å². The third-order valence-corrected chi connectivity index (χ3v) is 6.33. The van der Waals surface area contributed by atoms with Crippen LogP contribution in [0.15, 0.2) is 59.2 Å². The number of hydrogen-bond donors (Lipinski definition) is 0. The average molecular weight is 417 g/mol. The highest BCUT2D eigenvalue weighted by atomic mass is 16.2. The molecule has 1 heterocycles. The third-order valence-electron chi connectivity index (χ3n) is 6.33. The van der Waals surface area contributed by atoms with Gasteiger partial charge in [-0.2, -0.15) is 5.10 Å². The maximum atomic E-state index is 12.5. The van der Waals surface area contributed by atoms with Crippen LogP contribution in [0.25, 0.3) is 6.08 Å². The molecule has 5 nitrogen and oxygen atoms in total. The van der Waals surface area contributed by atoms with Gasteiger partial charge in [0.25, 0.3) is 0 Å². The van der Waals surface area contributed by atoms with Crippen molar-refractivity contribution >= 4 is 29.1 Å². The molecule has 2 aliphatic rings. The first-order valence-electron chi connectivity index (χ1n) is 11.0. The van der Waals surface area contributed by atoms with E-state index in [0.29, 0.717) is 0 Å². The lowest BCUT2D eigenvalue weighted by Crippen LogP contribution is -2.30. The summed E-state index contributed by atoms with van der Waals surface area (Å²) in [5.41, 5.74) is 7.01. The van der Waals surface area contributed by atoms with Gasteiger partial charge in [-0.1, -0.05) is 24.3 Å². The van der Waals surface area contributed by atoms with Gasteiger partial charge < -0.3 is 9.80 Å². The summed E-state index contributed by atoms with van der Waals surface area (Å²) in [5.74, 6) is 0.244. The van der Waals surface area contributed by atoms with Crippen LogP contribution in [-0.2, 0) is 4.79 Å². The fourth-order valence-electron chi connectivity index (χ4n) is 4.64. The largest absolute Gasteiger partial charge is 0.378 e. The summed E-state index contributed by atoms with van der Waals surface area (Å²) in [4.78, 5) is 16.7. The second-order valence-electron chi connectivity index (χ2n) is 8.93. The summed E-state index contributed by atoms with van der Waals surface area (Å²) >= 11 is 0. The van der Waals surface area contributed by atoms with Crippen molar-refractivity contribution in [2.24, 2.45) is 11.0 Å². The number of hydrogen-bond acceptors (Lipinski definition) is 4. The highest BCUT2D eigenvalue weighted by Gasteiger charge is 2.42. The van der Waals surface area contributed by atoms with E-state index in [4.69, 9.17) is 5.10 Å². The van der Waals surface area contributed by atoms with Gasteiger partial charge in [-0.05, 0) is 66.3 Å². The van der Waals surface area contributed by atoms with E-state index in [0.717, 1.165) is 36.2 Å². The van der Waals surface area contributed by atoms with E-state index in [1.54, 1.807) is 11.9 Å². The smallest absolute Gasteiger partial charge is 0.240 e. The number of amides is 1. The molecule has 2 unspecified atom stereocenters. The van der Waals surface area contributed by atoms with Gasteiger partial charge in [0.15, 0.2) is 0 Å². The van der Waals surface area contributed by atoms with Crippen molar-refractivity contribution in [1.82, 2.24) is 5.01 Å². The molecular formula is C26H32N4O. The second kappa shape index (κ2) is 8.58. The topological polar surface area (TPSA) is 39.2 Å². The first kappa shape index (κ1) is 21.2. The number of hydrazone groups is 1. The Morgan fingerprint density at radius 2 is 1.55 bits per heavy atom. The Labute approximate surface area is 185 Å². The summed E-state index contributed by atoms with van der Waals surface area (Å²) in [6.45, 7) is 1.62. The Bertz CT molecular complexity index is 1000. The molecule has 0 aromatic heterocycles. The molecule has 1 aliphatic heterocycles. The molecule has 2 atom stereocenters. The highest BCUT2D eigenvalue weighted by molar-refractivity contribution is 6.08. The van der Waals surface area contributed by atoms with Crippen LogP contribution in [0.2, 0.25) is 0 Å². The highest BCUT2D eigenvalue weighted by Crippen LogP contribution is 2.44. The number of carbonyl (C=O) groups excluding carboxylic acids is 1. The quantitative estimate of drug-likeness (QED) is 0.707. The molecule has 1 saturated carbocycles. The molecule has 5 heteroatoms. The number of rotatable bonds is 4. The van der Waals surface area contributed by atoms with E-state index < -0.39 is 0 Å². The minimum Gasteiger partial charge on any atom is -0.378 e. The summed E-state index contributed by atoms with van der Waals surface area (Å²) in [6, 6.07) is 17.1. The molecule has 0 spiro atoms. The first-order chi connectivity index (χ1) is 14.8. The van der Waals surface area contributed by atoms with Crippen LogP contribution in [0.1, 0.15) is 43.4 Å². The zero-order valence-electron chi connectivity index (χ0n) is 19.2. The lowest BCUT2D eigenvalue weighted by atomic mass is 9.77. The molecule has 1 amide bonds. The third kappa shape index (κ3) is 4.22. The van der Waals surface area contributed by atoms with Crippen LogP contribution >= 0.6 is 0 Å². The Hall–Kier alpha value is -3.08. The van der Waals surface area contributed by atoms with Crippen LogP contribution in [-0.4, -0.2) is 44.8 Å². The lowest BCUT2D eigenvalue weighted by molar-refractivity contribution is -0.131. The fourth-order valence-corrected chi connectivity index (χ4v) is 4.64. The van der Waals surface area contributed by atoms with Crippen molar-refractivity contribution in [2.75, 3.05) is 38.0 Å². The molecule has 1 aliphatic carbocycles. The van der Waals surface area contributed by atoms with E-state index in [9.17, 15) is 4.79 Å². The molecule has 2 aromatic carbocycles. The molecule has 0 saturated heterocycles. The number of fused-ring (bicyclic) bond motifs is 1. The molecule has 2 aromatic rings. The monoisotopic (exact) mass is 416 g/mol. The van der Waals surface area contributed by atoms with Crippen LogP contribution in [0.5, 0.6) is 0 Å². The Balaban J connectivity index is 1.66. The van der Waals surface area contributed by atoms with Gasteiger partial charge in [0.1, 0.15) is 0 Å². The van der Waals surface area contributed by atoms with E-state index in [1.807, 2.05) is 28.2 Å². The average Bonchev–Trinajstić information content (AvgIpc) is 3.15. The minimum atomic E-state index is -0.0245. The normalized spacial score (nSPS) is 21.6. The van der Waals surface area contributed by atoms with Crippen molar-refractivity contribution in [1.29, 1.82) is 0 Å². The standard InChI is InChI=1S/C26H32N4O/c1-18(31)30-26(20-11-15-23(16-12-20)29(4)5)24-8-6-7-21(25(24)27-30)17-19-9-13-22(14-10-19)28(2)3/h9-17,24,26H,6-8H2,1-5H3/b21-17+. The summed E-state index contributed by atoms with van der Waals surface area (Å²) in [6.07, 6.45) is 5.42. The maximum absolute atomic E-state index is 12.5. The first-order valence-corrected chi connectivity index (χ1v) is 11.0. The molecule has 0 N–H and O–H groups in total. The number of carbonyl (C=O) groups is 1. The fraction of sp³-hybridized carbons (Fsp3) is 0.385. The number of allylic oxidation sites excluding steroid dienone is 1. The predicted octanol–water partition coefficient (Wildman–Crippen LogP) is 4.96. The Morgan fingerprint density at radius 3 is 2.10 bits per heavy atom. The molecule has 1 fully saturated rings. The van der Waals surface area contributed by atoms with Gasteiger partial charge >= 0.3 is 0 Å². The molecular weight excluding hydrogens is 384 g/mol. The number of anilines is 2. The van der Waals surface area contributed by atoms with Crippen molar-refractivity contribution in [3.63, 3.8) is 0 Å². The Kier molecular flexibility index (Phi) is 5.86. The molecule has 162 valence electrons. The summed E-state index contributed by atoms with van der Waals surface area (Å²) in [7, 11) is 8.18. The Morgan fingerprint density at radius 1 is 0.968 bits per heavy atom. The molecule has 0 radical (unpaired) electrons. The summed E-state index contributed by atoms with van der Waals surface area (Å²) < 4.78 is 0. The van der Waals surface area contributed by atoms with Crippen molar-refractivity contribution in [3.8, 4) is 0 Å². The zero-order valence-corrected chi connectivity index (χ0v) is 19.2. The van der Waals surface area contributed by atoms with E-state index in [2.05, 4.69) is 64.4 Å². The van der Waals surface area contributed by atoms with Crippen LogP contribution in [0.4, 0.5) is 11.4 Å². The van der Waals surface area contributed by atoms with Crippen molar-refractivity contribution < 1.29 is 4.79 Å². The second-order valence-corrected chi connectivity index (χ2v) is 8.93. The minimum absolute atomic E-state index is 0.00160. The number of nitrogens with zero attached hydrogens (tertiary/aromatic N) is 4. The van der Waals surface area contributed by atoms with Gasteiger partial charge in [0.2, 0.25) is 5.91 Å². The van der Waals surface area contributed by atoms with E-state index in [-0.39, 0.29) is 17.9 Å². The van der Waals surface area contributed by atoms with Crippen LogP contribution in [0, 0.1) is 5.92 Å². The zero-order chi connectivity index (χ0) is 22.1. The van der Waals surface area contributed by atoms with E-state index in [1.165, 1.54) is 16.8 Å². The van der Waals surface area contributed by atoms with Crippen molar-refractivity contribution in [2.45, 2.75) is 32.2 Å². The van der Waals surface area contributed by atoms with Gasteiger partial charge in [-0.15, -0.1) is 0 Å². The van der Waals surface area contributed by atoms with Gasteiger partial charge in [-0.3, -0.25) is 4.79 Å². The number of benzene rings is 2. The predicted molar refractivity (Wildman–Crippen MR) is 130 cm³/mol. The van der Waals surface area contributed by atoms with Crippen LogP contribution < -0.4 is 9.80 Å². The molecule has 4 rings (SSSR count). The molecule has 31 heavy (non-hydrogen) atoms. The lowest BCUT2D eigenvalue weighted by Gasteiger charge is -2.29. The maximum Gasteiger partial charge on any atom is 0.240 e. The van der Waals surface area contributed by atoms with Gasteiger partial charge in [0, 0.05) is 52.4 Å². The molecule has 0 bridgehead atoms. The van der Waals surface area contributed by atoms with Crippen LogP contribution in [0.3, 0.4) is 0 Å².